The minimum Gasteiger partial charge on any atom is -0.465 e. The molecule has 10 heteroatoms. The molecule has 0 saturated carbocycles. The number of benzene rings is 3. The van der Waals surface area contributed by atoms with E-state index in [1.165, 1.54) is 12.7 Å². The summed E-state index contributed by atoms with van der Waals surface area (Å²) in [5.74, 6) is -0.819. The van der Waals surface area contributed by atoms with Crippen molar-refractivity contribution in [2.75, 3.05) is 13.3 Å². The van der Waals surface area contributed by atoms with Crippen molar-refractivity contribution in [3.8, 4) is 11.1 Å². The average molecular weight is 670 g/mol. The Hall–Kier alpha value is -4.44. The van der Waals surface area contributed by atoms with Crippen molar-refractivity contribution in [3.05, 3.63) is 95.1 Å². The Labute approximate surface area is 284 Å². The molecule has 3 amide bonds. The lowest BCUT2D eigenvalue weighted by atomic mass is 9.87. The molecule has 1 fully saturated rings. The van der Waals surface area contributed by atoms with Gasteiger partial charge in [0, 0.05) is 12.6 Å². The van der Waals surface area contributed by atoms with Gasteiger partial charge in [-0.25, -0.2) is 9.59 Å². The van der Waals surface area contributed by atoms with Crippen LogP contribution in [0.3, 0.4) is 0 Å². The fourth-order valence-corrected chi connectivity index (χ4v) is 9.62. The van der Waals surface area contributed by atoms with E-state index in [2.05, 4.69) is 35.9 Å². The van der Waals surface area contributed by atoms with Crippen molar-refractivity contribution < 1.29 is 28.7 Å². The fourth-order valence-electron chi connectivity index (χ4n) is 6.74. The summed E-state index contributed by atoms with van der Waals surface area (Å²) in [5.41, 5.74) is 4.83. The number of esters is 1. The molecule has 1 aliphatic heterocycles. The molecule has 3 aromatic carbocycles. The van der Waals surface area contributed by atoms with Crippen LogP contribution in [0.2, 0.25) is 19.1 Å². The number of fused-ring (bicyclic) bond motifs is 1. The minimum absolute atomic E-state index is 0.0874. The lowest BCUT2D eigenvalue weighted by Gasteiger charge is -2.32. The van der Waals surface area contributed by atoms with Crippen LogP contribution in [0.5, 0.6) is 0 Å². The normalized spacial score (nSPS) is 19.1. The fraction of sp³-hybridized carbons (Fsp3) is 0.421. The maximum absolute atomic E-state index is 14.4. The summed E-state index contributed by atoms with van der Waals surface area (Å²) in [7, 11) is -0.583. The van der Waals surface area contributed by atoms with Crippen LogP contribution in [0, 0.1) is 0 Å². The molecule has 0 spiro atoms. The van der Waals surface area contributed by atoms with Crippen LogP contribution in [0.25, 0.3) is 11.1 Å². The average Bonchev–Trinajstić information content (AvgIpc) is 3.39. The molecule has 5 rings (SSSR count). The Balaban J connectivity index is 1.36. The number of carbonyl (C=O) groups excluding carboxylic acids is 4. The topological polar surface area (TPSA) is 114 Å². The van der Waals surface area contributed by atoms with Gasteiger partial charge < -0.3 is 25.0 Å². The molecule has 1 aliphatic carbocycles. The van der Waals surface area contributed by atoms with Crippen molar-refractivity contribution in [2.24, 2.45) is 0 Å². The molecule has 0 aromatic heterocycles. The number of methoxy groups -OCH3 is 1. The summed E-state index contributed by atoms with van der Waals surface area (Å²) in [4.78, 5) is 54.9. The third kappa shape index (κ3) is 8.52. The quantitative estimate of drug-likeness (QED) is 0.217. The van der Waals surface area contributed by atoms with Crippen LogP contribution < -0.4 is 10.6 Å². The molecule has 2 N–H and O–H groups in total. The number of ether oxygens (including phenoxy) is 2. The van der Waals surface area contributed by atoms with Crippen LogP contribution in [0.15, 0.2) is 72.8 Å². The molecular formula is C38H47N3O6Si. The van der Waals surface area contributed by atoms with Crippen LogP contribution in [-0.2, 0) is 31.9 Å². The molecule has 9 nitrogen and oxygen atoms in total. The van der Waals surface area contributed by atoms with Gasteiger partial charge in [0.05, 0.1) is 26.8 Å². The predicted molar refractivity (Wildman–Crippen MR) is 188 cm³/mol. The van der Waals surface area contributed by atoms with Crippen LogP contribution in [-0.4, -0.2) is 67.8 Å². The van der Waals surface area contributed by atoms with Gasteiger partial charge in [-0.2, -0.15) is 0 Å². The number of carbonyl (C=O) groups is 4. The van der Waals surface area contributed by atoms with Gasteiger partial charge in [-0.15, -0.1) is 0 Å². The van der Waals surface area contributed by atoms with Gasteiger partial charge in [-0.05, 0) is 86.0 Å². The Morgan fingerprint density at radius 3 is 2.23 bits per heavy atom. The zero-order valence-electron chi connectivity index (χ0n) is 28.8. The summed E-state index contributed by atoms with van der Waals surface area (Å²) in [6.45, 7) is 9.72. The van der Waals surface area contributed by atoms with Crippen LogP contribution in [0.4, 0.5) is 4.79 Å². The zero-order valence-corrected chi connectivity index (χ0v) is 29.8. The maximum atomic E-state index is 14.4. The number of aryl methyl sites for hydroxylation is 1. The number of amides is 3. The SMILES string of the molecule is COC(=O)c1ccc(-c2ccc(CC(NC(=O)OC(C)(C)C)C(=O)N3C[Si](C)(C)CC3C(=O)N[C@@H]3CCCc4ccccc43)cc2)cc1. The van der Waals surface area contributed by atoms with Crippen molar-refractivity contribution in [1.29, 1.82) is 0 Å². The van der Waals surface area contributed by atoms with Gasteiger partial charge in [0.1, 0.15) is 17.7 Å². The number of nitrogens with one attached hydrogen (secondary N) is 2. The first-order chi connectivity index (χ1) is 22.7. The number of rotatable bonds is 8. The first kappa shape index (κ1) is 34.9. The number of nitrogens with zero attached hydrogens (tertiary/aromatic N) is 1. The highest BCUT2D eigenvalue weighted by atomic mass is 28.3. The molecule has 0 bridgehead atoms. The predicted octanol–water partition coefficient (Wildman–Crippen LogP) is 6.23. The van der Waals surface area contributed by atoms with E-state index in [0.717, 1.165) is 41.5 Å². The lowest BCUT2D eigenvalue weighted by Crippen LogP contribution is -2.55. The number of alkyl carbamates (subject to hydrolysis) is 1. The second-order valence-corrected chi connectivity index (χ2v) is 19.7. The third-order valence-corrected chi connectivity index (χ3v) is 11.7. The van der Waals surface area contributed by atoms with E-state index in [1.54, 1.807) is 37.8 Å². The maximum Gasteiger partial charge on any atom is 0.408 e. The second-order valence-electron chi connectivity index (χ2n) is 14.7. The highest BCUT2D eigenvalue weighted by molar-refractivity contribution is 6.79. The standard InChI is InChI=1S/C38H47N3O6Si/c1-38(2,3)47-37(45)40-32(22-25-14-16-26(17-15-25)27-18-20-29(21-19-27)36(44)46-4)35(43)41-24-48(5,6)23-33(41)34(42)39-31-13-9-11-28-10-7-8-12-30(28)31/h7-8,10,12,14-21,31-33H,9,11,13,22-24H2,1-6H3,(H,39,42)(H,40,45)/t31-,32?,33?/m1/s1. The Kier molecular flexibility index (Phi) is 10.4. The first-order valence-electron chi connectivity index (χ1n) is 16.7. The molecule has 3 atom stereocenters. The van der Waals surface area contributed by atoms with Gasteiger partial charge in [-0.3, -0.25) is 9.59 Å². The molecule has 2 unspecified atom stereocenters. The number of hydrogen-bond acceptors (Lipinski definition) is 6. The highest BCUT2D eigenvalue weighted by Gasteiger charge is 2.47. The Morgan fingerprint density at radius 1 is 0.938 bits per heavy atom. The third-order valence-electron chi connectivity index (χ3n) is 9.01. The van der Waals surface area contributed by atoms with E-state index in [0.29, 0.717) is 17.8 Å². The van der Waals surface area contributed by atoms with Gasteiger partial charge >= 0.3 is 12.1 Å². The molecule has 254 valence electrons. The van der Waals surface area contributed by atoms with E-state index >= 15 is 0 Å². The van der Waals surface area contributed by atoms with E-state index in [9.17, 15) is 19.2 Å². The van der Waals surface area contributed by atoms with Gasteiger partial charge in [0.25, 0.3) is 0 Å². The summed E-state index contributed by atoms with van der Waals surface area (Å²) < 4.78 is 10.3. The summed E-state index contributed by atoms with van der Waals surface area (Å²) in [5, 5.41) is 6.12. The van der Waals surface area contributed by atoms with Gasteiger partial charge in [0.2, 0.25) is 11.8 Å². The van der Waals surface area contributed by atoms with E-state index in [-0.39, 0.29) is 24.3 Å². The Morgan fingerprint density at radius 2 is 1.58 bits per heavy atom. The first-order valence-corrected chi connectivity index (χ1v) is 20.1. The van der Waals surface area contributed by atoms with Crippen LogP contribution >= 0.6 is 0 Å². The molecular weight excluding hydrogens is 623 g/mol. The van der Waals surface area contributed by atoms with Crippen molar-refractivity contribution in [3.63, 3.8) is 0 Å². The van der Waals surface area contributed by atoms with Crippen molar-refractivity contribution in [2.45, 2.75) is 89.3 Å². The molecule has 0 radical (unpaired) electrons. The highest BCUT2D eigenvalue weighted by Crippen LogP contribution is 2.32. The summed E-state index contributed by atoms with van der Waals surface area (Å²) >= 11 is 0. The molecule has 1 saturated heterocycles. The summed E-state index contributed by atoms with van der Waals surface area (Å²) in [6.07, 6.45) is 2.92. The van der Waals surface area contributed by atoms with E-state index in [1.807, 2.05) is 48.5 Å². The van der Waals surface area contributed by atoms with E-state index < -0.39 is 37.8 Å². The van der Waals surface area contributed by atoms with Crippen molar-refractivity contribution in [1.82, 2.24) is 15.5 Å². The largest absolute Gasteiger partial charge is 0.465 e. The zero-order chi connectivity index (χ0) is 34.6. The smallest absolute Gasteiger partial charge is 0.408 e. The second kappa shape index (κ2) is 14.4. The number of hydrogen-bond donors (Lipinski definition) is 2. The summed E-state index contributed by atoms with van der Waals surface area (Å²) in [6, 6.07) is 22.2. The molecule has 3 aromatic rings. The Bertz CT molecular complexity index is 1650. The molecule has 48 heavy (non-hydrogen) atoms. The minimum atomic E-state index is -1.93. The van der Waals surface area contributed by atoms with Crippen molar-refractivity contribution >= 4 is 32.0 Å². The monoisotopic (exact) mass is 669 g/mol. The molecule has 1 heterocycles. The van der Waals surface area contributed by atoms with E-state index in [4.69, 9.17) is 9.47 Å². The van der Waals surface area contributed by atoms with Crippen LogP contribution in [0.1, 0.15) is 66.7 Å². The lowest BCUT2D eigenvalue weighted by molar-refractivity contribution is -0.140. The van der Waals surface area contributed by atoms with Gasteiger partial charge in [-0.1, -0.05) is 73.8 Å². The van der Waals surface area contributed by atoms with Gasteiger partial charge in [0.15, 0.2) is 0 Å². The molecule has 2 aliphatic rings.